The van der Waals surface area contributed by atoms with Gasteiger partial charge in [-0.3, -0.25) is 4.79 Å². The molecule has 0 amide bonds. The van der Waals surface area contributed by atoms with Crippen molar-refractivity contribution in [3.05, 3.63) is 23.1 Å². The molecule has 2 rings (SSSR count). The maximum absolute atomic E-state index is 10.8. The molecule has 2 aromatic rings. The van der Waals surface area contributed by atoms with Gasteiger partial charge in [-0.1, -0.05) is 0 Å². The molecule has 4 heteroatoms. The van der Waals surface area contributed by atoms with E-state index < -0.39 is 0 Å². The average molecular weight is 223 g/mol. The van der Waals surface area contributed by atoms with Crippen LogP contribution in [0.2, 0.25) is 0 Å². The largest absolute Gasteiger partial charge is 0.397 e. The third kappa shape index (κ3) is 1.31. The molecular formula is C10H9NOS2. The van der Waals surface area contributed by atoms with E-state index in [2.05, 4.69) is 0 Å². The second kappa shape index (κ2) is 3.63. The molecule has 2 nitrogen and oxygen atoms in total. The molecule has 72 valence electrons. The van der Waals surface area contributed by atoms with Gasteiger partial charge in [-0.15, -0.1) is 23.1 Å². The number of nitrogens with two attached hydrogens (primary N) is 1. The van der Waals surface area contributed by atoms with Crippen molar-refractivity contribution in [1.82, 2.24) is 0 Å². The summed E-state index contributed by atoms with van der Waals surface area (Å²) in [6.07, 6.45) is 2.81. The Morgan fingerprint density at radius 1 is 1.57 bits per heavy atom. The lowest BCUT2D eigenvalue weighted by Gasteiger charge is -2.04. The Morgan fingerprint density at radius 3 is 3.00 bits per heavy atom. The molecule has 0 aliphatic heterocycles. The van der Waals surface area contributed by atoms with E-state index in [4.69, 9.17) is 5.73 Å². The number of rotatable bonds is 2. The third-order valence-electron chi connectivity index (χ3n) is 2.12. The molecule has 0 radical (unpaired) electrons. The fraction of sp³-hybridized carbons (Fsp3) is 0.100. The van der Waals surface area contributed by atoms with E-state index >= 15 is 0 Å². The number of hydrogen-bond donors (Lipinski definition) is 1. The quantitative estimate of drug-likeness (QED) is 0.483. The lowest BCUT2D eigenvalue weighted by atomic mass is 10.1. The first kappa shape index (κ1) is 9.55. The molecule has 14 heavy (non-hydrogen) atoms. The van der Waals surface area contributed by atoms with E-state index in [0.717, 1.165) is 21.3 Å². The van der Waals surface area contributed by atoms with Crippen LogP contribution in [0, 0.1) is 0 Å². The number of anilines is 1. The van der Waals surface area contributed by atoms with Crippen molar-refractivity contribution in [2.24, 2.45) is 0 Å². The number of benzene rings is 1. The van der Waals surface area contributed by atoms with Gasteiger partial charge in [-0.05, 0) is 23.8 Å². The average Bonchev–Trinajstić information content (AvgIpc) is 2.68. The van der Waals surface area contributed by atoms with E-state index in [9.17, 15) is 4.79 Å². The number of carbonyl (C=O) groups excluding carboxylic acids is 1. The maximum Gasteiger partial charge on any atom is 0.152 e. The van der Waals surface area contributed by atoms with Crippen LogP contribution in [-0.4, -0.2) is 12.5 Å². The molecule has 0 unspecified atom stereocenters. The standard InChI is InChI=1S/C10H9NOS2/c1-13-8-4-6(5-12)9(11)10-7(8)2-3-14-10/h2-5H,11H2,1H3. The van der Waals surface area contributed by atoms with Crippen LogP contribution in [0.3, 0.4) is 0 Å². The number of thiophene rings is 1. The summed E-state index contributed by atoms with van der Waals surface area (Å²) >= 11 is 3.21. The second-order valence-corrected chi connectivity index (χ2v) is 4.63. The van der Waals surface area contributed by atoms with Gasteiger partial charge >= 0.3 is 0 Å². The summed E-state index contributed by atoms with van der Waals surface area (Å²) in [7, 11) is 0. The Balaban J connectivity index is 2.86. The van der Waals surface area contributed by atoms with Crippen LogP contribution < -0.4 is 5.73 Å². The molecule has 0 atom stereocenters. The van der Waals surface area contributed by atoms with Crippen LogP contribution in [0.4, 0.5) is 5.69 Å². The molecule has 0 saturated carbocycles. The summed E-state index contributed by atoms with van der Waals surface area (Å²) in [5.74, 6) is 0. The first-order valence-corrected chi connectivity index (χ1v) is 6.17. The summed E-state index contributed by atoms with van der Waals surface area (Å²) in [6.45, 7) is 0. The number of hydrogen-bond acceptors (Lipinski definition) is 4. The summed E-state index contributed by atoms with van der Waals surface area (Å²) in [4.78, 5) is 11.9. The van der Waals surface area contributed by atoms with Crippen molar-refractivity contribution in [1.29, 1.82) is 0 Å². The van der Waals surface area contributed by atoms with Gasteiger partial charge in [0.2, 0.25) is 0 Å². The van der Waals surface area contributed by atoms with Gasteiger partial charge < -0.3 is 5.73 Å². The number of thioether (sulfide) groups is 1. The van der Waals surface area contributed by atoms with Crippen molar-refractivity contribution >= 4 is 45.2 Å². The van der Waals surface area contributed by atoms with E-state index in [1.54, 1.807) is 23.1 Å². The van der Waals surface area contributed by atoms with Crippen molar-refractivity contribution in [2.45, 2.75) is 4.90 Å². The highest BCUT2D eigenvalue weighted by atomic mass is 32.2. The highest BCUT2D eigenvalue weighted by Gasteiger charge is 2.09. The first-order valence-electron chi connectivity index (χ1n) is 4.06. The van der Waals surface area contributed by atoms with Crippen molar-refractivity contribution in [3.8, 4) is 0 Å². The topological polar surface area (TPSA) is 43.1 Å². The zero-order valence-electron chi connectivity index (χ0n) is 7.61. The molecule has 0 spiro atoms. The predicted octanol–water partition coefficient (Wildman–Crippen LogP) is 3.02. The lowest BCUT2D eigenvalue weighted by Crippen LogP contribution is -1.93. The highest BCUT2D eigenvalue weighted by molar-refractivity contribution is 7.98. The first-order chi connectivity index (χ1) is 6.77. The van der Waals surface area contributed by atoms with Crippen LogP contribution in [0.25, 0.3) is 10.1 Å². The maximum atomic E-state index is 10.8. The van der Waals surface area contributed by atoms with Gasteiger partial charge in [0.05, 0.1) is 10.4 Å². The Hall–Kier alpha value is -1.00. The predicted molar refractivity (Wildman–Crippen MR) is 63.4 cm³/mol. The zero-order chi connectivity index (χ0) is 10.1. The molecular weight excluding hydrogens is 214 g/mol. The minimum absolute atomic E-state index is 0.587. The molecule has 0 saturated heterocycles. The second-order valence-electron chi connectivity index (χ2n) is 2.86. The van der Waals surface area contributed by atoms with Crippen LogP contribution in [-0.2, 0) is 0 Å². The van der Waals surface area contributed by atoms with E-state index in [1.807, 2.05) is 23.8 Å². The Bertz CT molecular complexity index is 490. The smallest absolute Gasteiger partial charge is 0.152 e. The van der Waals surface area contributed by atoms with Gasteiger partial charge in [0.25, 0.3) is 0 Å². The van der Waals surface area contributed by atoms with E-state index in [0.29, 0.717) is 11.3 Å². The number of aldehydes is 1. The number of nitrogen functional groups attached to an aromatic ring is 1. The molecule has 0 aliphatic carbocycles. The zero-order valence-corrected chi connectivity index (χ0v) is 9.24. The number of carbonyl (C=O) groups is 1. The normalized spacial score (nSPS) is 10.6. The van der Waals surface area contributed by atoms with Crippen molar-refractivity contribution in [2.75, 3.05) is 12.0 Å². The highest BCUT2D eigenvalue weighted by Crippen LogP contribution is 2.36. The van der Waals surface area contributed by atoms with Crippen LogP contribution in [0.5, 0.6) is 0 Å². The fourth-order valence-electron chi connectivity index (χ4n) is 1.41. The summed E-state index contributed by atoms with van der Waals surface area (Å²) in [5, 5.41) is 3.14. The summed E-state index contributed by atoms with van der Waals surface area (Å²) < 4.78 is 1.01. The summed E-state index contributed by atoms with van der Waals surface area (Å²) in [6, 6.07) is 3.89. The molecule has 0 aliphatic rings. The molecule has 1 aromatic heterocycles. The van der Waals surface area contributed by atoms with Crippen molar-refractivity contribution in [3.63, 3.8) is 0 Å². The van der Waals surface area contributed by atoms with Gasteiger partial charge in [0.1, 0.15) is 0 Å². The fourth-order valence-corrected chi connectivity index (χ4v) is 3.00. The van der Waals surface area contributed by atoms with Gasteiger partial charge in [0, 0.05) is 15.8 Å². The molecule has 0 fully saturated rings. The van der Waals surface area contributed by atoms with E-state index in [1.165, 1.54) is 0 Å². The van der Waals surface area contributed by atoms with E-state index in [-0.39, 0.29) is 0 Å². The minimum atomic E-state index is 0.587. The third-order valence-corrected chi connectivity index (χ3v) is 3.85. The van der Waals surface area contributed by atoms with Crippen LogP contribution in [0.15, 0.2) is 22.4 Å². The summed E-state index contributed by atoms with van der Waals surface area (Å²) in [5.41, 5.74) is 7.05. The SMILES string of the molecule is CSc1cc(C=O)c(N)c2sccc12. The lowest BCUT2D eigenvalue weighted by molar-refractivity contribution is 0.112. The molecule has 0 bridgehead atoms. The minimum Gasteiger partial charge on any atom is -0.397 e. The van der Waals surface area contributed by atoms with Gasteiger partial charge in [-0.2, -0.15) is 0 Å². The van der Waals surface area contributed by atoms with Crippen LogP contribution >= 0.6 is 23.1 Å². The molecule has 1 heterocycles. The van der Waals surface area contributed by atoms with Crippen LogP contribution in [0.1, 0.15) is 10.4 Å². The van der Waals surface area contributed by atoms with Gasteiger partial charge in [-0.25, -0.2) is 0 Å². The number of fused-ring (bicyclic) bond motifs is 1. The Morgan fingerprint density at radius 2 is 2.36 bits per heavy atom. The molecule has 1 aromatic carbocycles. The Labute approximate surface area is 90.1 Å². The Kier molecular flexibility index (Phi) is 2.48. The van der Waals surface area contributed by atoms with Gasteiger partial charge in [0.15, 0.2) is 6.29 Å². The van der Waals surface area contributed by atoms with Crippen molar-refractivity contribution < 1.29 is 4.79 Å². The molecule has 2 N–H and O–H groups in total. The monoisotopic (exact) mass is 223 g/mol.